The molecule has 4 nitrogen and oxygen atoms in total. The molecule has 0 radical (unpaired) electrons. The molecular weight excluding hydrogens is 293 g/mol. The zero-order chi connectivity index (χ0) is 12.0. The lowest BCUT2D eigenvalue weighted by molar-refractivity contribution is -0.120. The minimum Gasteiger partial charge on any atom is -0.274 e. The van der Waals surface area contributed by atoms with Crippen molar-refractivity contribution in [1.82, 2.24) is 4.72 Å². The van der Waals surface area contributed by atoms with E-state index in [2.05, 4.69) is 0 Å². The van der Waals surface area contributed by atoms with E-state index >= 15 is 0 Å². The van der Waals surface area contributed by atoms with Crippen LogP contribution in [0.1, 0.15) is 6.42 Å². The van der Waals surface area contributed by atoms with Crippen molar-refractivity contribution in [2.75, 3.05) is 0 Å². The zero-order valence-corrected chi connectivity index (χ0v) is 11.0. The van der Waals surface area contributed by atoms with Gasteiger partial charge in [0.25, 0.3) is 10.0 Å². The monoisotopic (exact) mass is 299 g/mol. The summed E-state index contributed by atoms with van der Waals surface area (Å²) in [7, 11) is -3.78. The van der Waals surface area contributed by atoms with Gasteiger partial charge in [-0.1, -0.05) is 0 Å². The third kappa shape index (κ3) is 2.34. The largest absolute Gasteiger partial charge is 0.274 e. The summed E-state index contributed by atoms with van der Waals surface area (Å²) in [4.78, 5) is 11.5. The van der Waals surface area contributed by atoms with E-state index in [0.29, 0.717) is 0 Å². The van der Waals surface area contributed by atoms with Crippen molar-refractivity contribution >= 4 is 50.5 Å². The van der Waals surface area contributed by atoms with Crippen LogP contribution in [0.4, 0.5) is 0 Å². The van der Waals surface area contributed by atoms with E-state index in [4.69, 9.17) is 23.2 Å². The molecule has 1 unspecified atom stereocenters. The number of hydrogen-bond donors (Lipinski definition) is 1. The maximum Gasteiger partial charge on any atom is 0.264 e. The summed E-state index contributed by atoms with van der Waals surface area (Å²) in [5, 5.41) is 3.06. The maximum atomic E-state index is 11.6. The Morgan fingerprint density at radius 2 is 2.19 bits per heavy atom. The molecule has 1 fully saturated rings. The van der Waals surface area contributed by atoms with E-state index in [9.17, 15) is 13.2 Å². The summed E-state index contributed by atoms with van der Waals surface area (Å²) < 4.78 is 24.1. The number of sulfonamides is 1. The summed E-state index contributed by atoms with van der Waals surface area (Å²) in [5.74, 6) is -1.31. The number of alkyl halides is 2. The SMILES string of the molecule is O=C(NS(=O)(=O)c1ccsc1)C1CC1(Cl)Cl. The molecule has 1 aliphatic rings. The lowest BCUT2D eigenvalue weighted by Gasteiger charge is -2.04. The molecule has 1 heterocycles. The summed E-state index contributed by atoms with van der Waals surface area (Å²) in [6.07, 6.45) is 0.279. The quantitative estimate of drug-likeness (QED) is 0.865. The van der Waals surface area contributed by atoms with Crippen LogP contribution in [0.25, 0.3) is 0 Å². The topological polar surface area (TPSA) is 63.2 Å². The van der Waals surface area contributed by atoms with E-state index in [1.807, 2.05) is 4.72 Å². The number of rotatable bonds is 3. The predicted octanol–water partition coefficient (Wildman–Crippen LogP) is 1.75. The molecule has 1 aliphatic carbocycles. The predicted molar refractivity (Wildman–Crippen MR) is 62.2 cm³/mol. The van der Waals surface area contributed by atoms with Gasteiger partial charge in [-0.2, -0.15) is 11.3 Å². The maximum absolute atomic E-state index is 11.6. The first kappa shape index (κ1) is 12.2. The molecule has 1 aromatic rings. The average Bonchev–Trinajstić information content (AvgIpc) is 2.67. The van der Waals surface area contributed by atoms with Crippen LogP contribution >= 0.6 is 34.5 Å². The van der Waals surface area contributed by atoms with Gasteiger partial charge in [0.2, 0.25) is 5.91 Å². The van der Waals surface area contributed by atoms with Gasteiger partial charge < -0.3 is 0 Å². The molecule has 1 saturated carbocycles. The zero-order valence-electron chi connectivity index (χ0n) is 7.81. The number of carbonyl (C=O) groups excluding carboxylic acids is 1. The summed E-state index contributed by atoms with van der Waals surface area (Å²) in [6.45, 7) is 0. The molecule has 16 heavy (non-hydrogen) atoms. The average molecular weight is 300 g/mol. The number of hydrogen-bond acceptors (Lipinski definition) is 4. The second-order valence-electron chi connectivity index (χ2n) is 3.45. The summed E-state index contributed by atoms with van der Waals surface area (Å²) >= 11 is 12.6. The summed E-state index contributed by atoms with van der Waals surface area (Å²) in [6, 6.07) is 1.42. The molecular formula is C8H7Cl2NO3S2. The van der Waals surface area contributed by atoms with Crippen molar-refractivity contribution in [3.05, 3.63) is 16.8 Å². The van der Waals surface area contributed by atoms with Crippen LogP contribution in [-0.4, -0.2) is 18.7 Å². The van der Waals surface area contributed by atoms with Crippen LogP contribution in [-0.2, 0) is 14.8 Å². The van der Waals surface area contributed by atoms with E-state index in [-0.39, 0.29) is 11.3 Å². The molecule has 0 bridgehead atoms. The van der Waals surface area contributed by atoms with Crippen LogP contribution in [0.5, 0.6) is 0 Å². The third-order valence-corrected chi connectivity index (χ3v) is 5.20. The smallest absolute Gasteiger partial charge is 0.264 e. The Labute approximate surface area is 107 Å². The molecule has 2 rings (SSSR count). The van der Waals surface area contributed by atoms with Gasteiger partial charge in [-0.25, -0.2) is 13.1 Å². The number of amides is 1. The van der Waals surface area contributed by atoms with Crippen molar-refractivity contribution in [3.8, 4) is 0 Å². The second-order valence-corrected chi connectivity index (χ2v) is 7.45. The van der Waals surface area contributed by atoms with Gasteiger partial charge in [-0.3, -0.25) is 4.79 Å². The number of nitrogens with one attached hydrogen (secondary N) is 1. The number of thiophene rings is 1. The molecule has 8 heteroatoms. The van der Waals surface area contributed by atoms with Crippen LogP contribution in [0.3, 0.4) is 0 Å². The van der Waals surface area contributed by atoms with Gasteiger partial charge >= 0.3 is 0 Å². The van der Waals surface area contributed by atoms with Crippen molar-refractivity contribution in [3.63, 3.8) is 0 Å². The first-order valence-corrected chi connectivity index (χ1v) is 7.48. The highest BCUT2D eigenvalue weighted by Crippen LogP contribution is 2.53. The van der Waals surface area contributed by atoms with Crippen LogP contribution in [0.2, 0.25) is 0 Å². The van der Waals surface area contributed by atoms with Crippen molar-refractivity contribution < 1.29 is 13.2 Å². The van der Waals surface area contributed by atoms with Gasteiger partial charge in [-0.15, -0.1) is 23.2 Å². The van der Waals surface area contributed by atoms with Crippen molar-refractivity contribution in [1.29, 1.82) is 0 Å². The van der Waals surface area contributed by atoms with E-state index in [0.717, 1.165) is 0 Å². The Bertz CT molecular complexity index is 509. The van der Waals surface area contributed by atoms with Crippen LogP contribution < -0.4 is 4.72 Å². The Morgan fingerprint density at radius 1 is 1.56 bits per heavy atom. The van der Waals surface area contributed by atoms with Gasteiger partial charge in [-0.05, 0) is 17.9 Å². The van der Waals surface area contributed by atoms with Crippen LogP contribution in [0.15, 0.2) is 21.7 Å². The fraction of sp³-hybridized carbons (Fsp3) is 0.375. The summed E-state index contributed by atoms with van der Waals surface area (Å²) in [5.41, 5.74) is 0. The Morgan fingerprint density at radius 3 is 2.62 bits per heavy atom. The first-order valence-electron chi connectivity index (χ1n) is 4.29. The molecule has 0 aromatic carbocycles. The molecule has 0 aliphatic heterocycles. The fourth-order valence-corrected chi connectivity index (χ4v) is 3.72. The number of halogens is 2. The minimum atomic E-state index is -3.78. The van der Waals surface area contributed by atoms with E-state index in [1.54, 1.807) is 5.38 Å². The second kappa shape index (κ2) is 3.87. The minimum absolute atomic E-state index is 0.0706. The number of carbonyl (C=O) groups is 1. The molecule has 0 spiro atoms. The first-order chi connectivity index (χ1) is 7.33. The normalized spacial score (nSPS) is 22.8. The third-order valence-electron chi connectivity index (χ3n) is 2.18. The molecule has 1 amide bonds. The molecule has 1 atom stereocenters. The van der Waals surface area contributed by atoms with Crippen LogP contribution in [0, 0.1) is 5.92 Å². The Kier molecular flexibility index (Phi) is 2.94. The van der Waals surface area contributed by atoms with Gasteiger partial charge in [0, 0.05) is 5.38 Å². The molecule has 1 aromatic heterocycles. The van der Waals surface area contributed by atoms with Gasteiger partial charge in [0.1, 0.15) is 4.33 Å². The highest BCUT2D eigenvalue weighted by molar-refractivity contribution is 7.90. The lowest BCUT2D eigenvalue weighted by atomic mass is 10.4. The molecule has 0 saturated heterocycles. The van der Waals surface area contributed by atoms with Gasteiger partial charge in [0.15, 0.2) is 0 Å². The van der Waals surface area contributed by atoms with Crippen molar-refractivity contribution in [2.24, 2.45) is 5.92 Å². The van der Waals surface area contributed by atoms with E-state index in [1.165, 1.54) is 22.8 Å². The molecule has 88 valence electrons. The van der Waals surface area contributed by atoms with Gasteiger partial charge in [0.05, 0.1) is 10.8 Å². The highest BCUT2D eigenvalue weighted by atomic mass is 35.5. The fourth-order valence-electron chi connectivity index (χ4n) is 1.17. The molecule has 1 N–H and O–H groups in total. The Balaban J connectivity index is 2.09. The standard InChI is InChI=1S/C8H7Cl2NO3S2/c9-8(10)3-6(8)7(12)11-16(13,14)5-1-2-15-4-5/h1-2,4,6H,3H2,(H,11,12). The van der Waals surface area contributed by atoms with Crippen molar-refractivity contribution in [2.45, 2.75) is 15.6 Å². The highest BCUT2D eigenvalue weighted by Gasteiger charge is 2.57. The lowest BCUT2D eigenvalue weighted by Crippen LogP contribution is -2.32. The Hall–Kier alpha value is -0.300. The van der Waals surface area contributed by atoms with E-state index < -0.39 is 26.2 Å².